The fraction of sp³-hybridized carbons (Fsp3) is 0.467. The molecule has 0 saturated carbocycles. The van der Waals surface area contributed by atoms with Gasteiger partial charge in [-0.15, -0.1) is 0 Å². The second-order valence-electron chi connectivity index (χ2n) is 5.52. The highest BCUT2D eigenvalue weighted by Crippen LogP contribution is 2.17. The highest BCUT2D eigenvalue weighted by molar-refractivity contribution is 5.91. The summed E-state index contributed by atoms with van der Waals surface area (Å²) in [5.74, 6) is -0.0669. The van der Waals surface area contributed by atoms with Crippen molar-refractivity contribution in [3.8, 4) is 0 Å². The number of amides is 2. The van der Waals surface area contributed by atoms with E-state index in [0.29, 0.717) is 25.9 Å². The van der Waals surface area contributed by atoms with Crippen LogP contribution in [-0.4, -0.2) is 42.4 Å². The van der Waals surface area contributed by atoms with E-state index in [1.54, 1.807) is 11.9 Å². The number of likely N-dealkylation sites (N-methyl/N-ethyl adjacent to an activating group) is 1. The number of fused-ring (bicyclic) bond motifs is 1. The van der Waals surface area contributed by atoms with Gasteiger partial charge in [0.1, 0.15) is 6.04 Å². The van der Waals surface area contributed by atoms with E-state index >= 15 is 0 Å². The fourth-order valence-corrected chi connectivity index (χ4v) is 2.87. The molecule has 2 N–H and O–H groups in total. The molecule has 2 aliphatic rings. The Hall–Kier alpha value is -1.88. The normalized spacial score (nSPS) is 25.4. The lowest BCUT2D eigenvalue weighted by atomic mass is 9.95. The molecule has 5 heteroatoms. The minimum Gasteiger partial charge on any atom is -0.344 e. The van der Waals surface area contributed by atoms with E-state index in [9.17, 15) is 9.59 Å². The van der Waals surface area contributed by atoms with Crippen LogP contribution in [0.5, 0.6) is 0 Å². The number of carbonyl (C=O) groups is 2. The predicted octanol–water partition coefficient (Wildman–Crippen LogP) is 0.0478. The summed E-state index contributed by atoms with van der Waals surface area (Å²) in [7, 11) is 1.77. The minimum absolute atomic E-state index is 0.00885. The quantitative estimate of drug-likeness (QED) is 0.800. The van der Waals surface area contributed by atoms with Crippen molar-refractivity contribution in [2.24, 2.45) is 0 Å². The number of rotatable bonds is 2. The second kappa shape index (κ2) is 5.25. The first-order chi connectivity index (χ1) is 9.65. The topological polar surface area (TPSA) is 61.4 Å². The fourth-order valence-electron chi connectivity index (χ4n) is 2.87. The van der Waals surface area contributed by atoms with Gasteiger partial charge in [0, 0.05) is 20.1 Å². The first-order valence-corrected chi connectivity index (χ1v) is 7.00. The van der Waals surface area contributed by atoms with Crippen molar-refractivity contribution in [3.63, 3.8) is 0 Å². The van der Waals surface area contributed by atoms with Gasteiger partial charge < -0.3 is 15.5 Å². The summed E-state index contributed by atoms with van der Waals surface area (Å²) in [5.41, 5.74) is 2.45. The zero-order chi connectivity index (χ0) is 14.1. The number of likely N-dealkylation sites (tertiary alicyclic amines) is 1. The monoisotopic (exact) mass is 273 g/mol. The Kier molecular flexibility index (Phi) is 3.44. The zero-order valence-corrected chi connectivity index (χ0v) is 11.6. The average Bonchev–Trinajstić information content (AvgIpc) is 2.78. The summed E-state index contributed by atoms with van der Waals surface area (Å²) in [6, 6.07) is 7.54. The lowest BCUT2D eigenvalue weighted by Crippen LogP contribution is -2.52. The molecule has 0 radical (unpaired) electrons. The number of nitrogens with zero attached hydrogens (tertiary/aromatic N) is 1. The molecule has 2 heterocycles. The molecule has 0 aromatic heterocycles. The lowest BCUT2D eigenvalue weighted by molar-refractivity contribution is -0.132. The molecule has 1 aromatic carbocycles. The number of benzene rings is 1. The number of hydrogen-bond acceptors (Lipinski definition) is 3. The maximum Gasteiger partial charge on any atom is 0.244 e. The van der Waals surface area contributed by atoms with Crippen LogP contribution in [0.15, 0.2) is 24.3 Å². The molecule has 0 aliphatic carbocycles. The Balaban J connectivity index is 1.63. The number of nitrogens with one attached hydrogen (secondary N) is 2. The molecule has 20 heavy (non-hydrogen) atoms. The molecular weight excluding hydrogens is 254 g/mol. The van der Waals surface area contributed by atoms with Gasteiger partial charge in [0.25, 0.3) is 0 Å². The van der Waals surface area contributed by atoms with Crippen LogP contribution in [0.3, 0.4) is 0 Å². The van der Waals surface area contributed by atoms with Gasteiger partial charge in [0.2, 0.25) is 11.8 Å². The molecule has 5 nitrogen and oxygen atoms in total. The van der Waals surface area contributed by atoms with Gasteiger partial charge in [0.15, 0.2) is 0 Å². The van der Waals surface area contributed by atoms with Crippen LogP contribution in [0, 0.1) is 0 Å². The summed E-state index contributed by atoms with van der Waals surface area (Å²) in [5, 5.41) is 6.11. The van der Waals surface area contributed by atoms with Crippen LogP contribution >= 0.6 is 0 Å². The summed E-state index contributed by atoms with van der Waals surface area (Å²) in [6.45, 7) is 1.41. The highest BCUT2D eigenvalue weighted by atomic mass is 16.2. The van der Waals surface area contributed by atoms with Gasteiger partial charge in [-0.2, -0.15) is 0 Å². The third-order valence-corrected chi connectivity index (χ3v) is 4.14. The van der Waals surface area contributed by atoms with Crippen LogP contribution in [0.4, 0.5) is 0 Å². The molecule has 3 rings (SSSR count). The van der Waals surface area contributed by atoms with Crippen molar-refractivity contribution < 1.29 is 9.59 Å². The lowest BCUT2D eigenvalue weighted by Gasteiger charge is -2.26. The molecule has 0 bridgehead atoms. The smallest absolute Gasteiger partial charge is 0.244 e. The third kappa shape index (κ3) is 2.41. The van der Waals surface area contributed by atoms with E-state index in [0.717, 1.165) is 0 Å². The van der Waals surface area contributed by atoms with Gasteiger partial charge in [-0.25, -0.2) is 0 Å². The second-order valence-corrected chi connectivity index (χ2v) is 5.52. The Morgan fingerprint density at radius 2 is 2.10 bits per heavy atom. The van der Waals surface area contributed by atoms with Crippen molar-refractivity contribution in [3.05, 3.63) is 35.4 Å². The highest BCUT2D eigenvalue weighted by Gasteiger charge is 2.33. The first-order valence-electron chi connectivity index (χ1n) is 7.00. The third-order valence-electron chi connectivity index (χ3n) is 4.14. The van der Waals surface area contributed by atoms with Crippen molar-refractivity contribution in [2.75, 3.05) is 13.6 Å². The predicted molar refractivity (Wildman–Crippen MR) is 75.0 cm³/mol. The molecule has 2 atom stereocenters. The Morgan fingerprint density at radius 3 is 2.80 bits per heavy atom. The molecule has 1 fully saturated rings. The maximum atomic E-state index is 12.3. The SMILES string of the molecule is CN1CCC(NC(=O)[C@@H]2Cc3ccccc3CN2)C1=O. The van der Waals surface area contributed by atoms with Crippen LogP contribution < -0.4 is 10.6 Å². The molecule has 1 unspecified atom stereocenters. The number of hydrogen-bond donors (Lipinski definition) is 2. The van der Waals surface area contributed by atoms with Crippen LogP contribution in [0.1, 0.15) is 17.5 Å². The van der Waals surface area contributed by atoms with Crippen LogP contribution in [-0.2, 0) is 22.6 Å². The van der Waals surface area contributed by atoms with Gasteiger partial charge in [-0.1, -0.05) is 24.3 Å². The molecule has 106 valence electrons. The Bertz CT molecular complexity index is 544. The molecular formula is C15H19N3O2. The standard InChI is InChI=1S/C15H19N3O2/c1-18-7-6-12(15(18)20)17-14(19)13-8-10-4-2-3-5-11(10)9-16-13/h2-5,12-13,16H,6-9H2,1H3,(H,17,19)/t12?,13-/m0/s1. The van der Waals surface area contributed by atoms with E-state index in [2.05, 4.69) is 22.8 Å². The maximum absolute atomic E-state index is 12.3. The van der Waals surface area contributed by atoms with Crippen LogP contribution in [0.2, 0.25) is 0 Å². The molecule has 0 spiro atoms. The summed E-state index contributed by atoms with van der Waals surface area (Å²) < 4.78 is 0. The molecule has 1 saturated heterocycles. The van der Waals surface area contributed by atoms with Crippen molar-refractivity contribution >= 4 is 11.8 Å². The zero-order valence-electron chi connectivity index (χ0n) is 11.6. The average molecular weight is 273 g/mol. The summed E-state index contributed by atoms with van der Waals surface area (Å²) in [6.07, 6.45) is 1.38. The Labute approximate surface area is 118 Å². The summed E-state index contributed by atoms with van der Waals surface area (Å²) in [4.78, 5) is 25.7. The first kappa shape index (κ1) is 13.1. The molecule has 1 aromatic rings. The van der Waals surface area contributed by atoms with Crippen molar-refractivity contribution in [1.82, 2.24) is 15.5 Å². The largest absolute Gasteiger partial charge is 0.344 e. The van der Waals surface area contributed by atoms with E-state index in [1.165, 1.54) is 11.1 Å². The van der Waals surface area contributed by atoms with E-state index in [4.69, 9.17) is 0 Å². The summed E-state index contributed by atoms with van der Waals surface area (Å²) >= 11 is 0. The van der Waals surface area contributed by atoms with Gasteiger partial charge in [0.05, 0.1) is 6.04 Å². The minimum atomic E-state index is -0.355. The number of carbonyl (C=O) groups excluding carboxylic acids is 2. The van der Waals surface area contributed by atoms with Crippen LogP contribution in [0.25, 0.3) is 0 Å². The Morgan fingerprint density at radius 1 is 1.35 bits per heavy atom. The van der Waals surface area contributed by atoms with Gasteiger partial charge >= 0.3 is 0 Å². The van der Waals surface area contributed by atoms with Gasteiger partial charge in [-0.05, 0) is 24.0 Å². The van der Waals surface area contributed by atoms with E-state index < -0.39 is 0 Å². The van der Waals surface area contributed by atoms with Crippen molar-refractivity contribution in [1.29, 1.82) is 0 Å². The van der Waals surface area contributed by atoms with Gasteiger partial charge in [-0.3, -0.25) is 9.59 Å². The molecule has 2 amide bonds. The van der Waals surface area contributed by atoms with Crippen molar-refractivity contribution in [2.45, 2.75) is 31.5 Å². The van der Waals surface area contributed by atoms with E-state index in [1.807, 2.05) is 12.1 Å². The molecule has 2 aliphatic heterocycles. The van der Waals surface area contributed by atoms with E-state index in [-0.39, 0.29) is 23.9 Å².